The molecule has 2 atom stereocenters. The lowest BCUT2D eigenvalue weighted by Gasteiger charge is -2.19. The summed E-state index contributed by atoms with van der Waals surface area (Å²) in [4.78, 5) is 14.3. The summed E-state index contributed by atoms with van der Waals surface area (Å²) in [5.41, 5.74) is 1.18. The van der Waals surface area contributed by atoms with E-state index in [1.54, 1.807) is 7.11 Å². The van der Waals surface area contributed by atoms with Gasteiger partial charge in [0.05, 0.1) is 13.2 Å². The zero-order valence-corrected chi connectivity index (χ0v) is 15.0. The quantitative estimate of drug-likeness (QED) is 0.795. The number of hydrogen-bond acceptors (Lipinski definition) is 4. The molecule has 0 radical (unpaired) electrons. The third kappa shape index (κ3) is 5.26. The molecule has 2 aliphatic heterocycles. The van der Waals surface area contributed by atoms with Crippen molar-refractivity contribution >= 4 is 11.7 Å². The van der Waals surface area contributed by atoms with Crippen molar-refractivity contribution in [1.29, 1.82) is 0 Å². The van der Waals surface area contributed by atoms with Crippen LogP contribution < -0.4 is 20.3 Å². The van der Waals surface area contributed by atoms with E-state index in [9.17, 15) is 4.79 Å². The summed E-state index contributed by atoms with van der Waals surface area (Å²) < 4.78 is 10.9. The van der Waals surface area contributed by atoms with Gasteiger partial charge in [0.2, 0.25) is 0 Å². The Labute approximate surface area is 149 Å². The van der Waals surface area contributed by atoms with Crippen LogP contribution >= 0.6 is 0 Å². The summed E-state index contributed by atoms with van der Waals surface area (Å²) >= 11 is 0. The lowest BCUT2D eigenvalue weighted by molar-refractivity contribution is 0.104. The SMILES string of the molecule is COc1cccc(N2CC[C@H](CNC(=O)NCC[C@@H]3CCCO3)C2)c1. The molecule has 2 saturated heterocycles. The molecule has 1 aromatic carbocycles. The summed E-state index contributed by atoms with van der Waals surface area (Å²) in [6.45, 7) is 4.23. The Hall–Kier alpha value is -1.95. The molecule has 0 bridgehead atoms. The van der Waals surface area contributed by atoms with E-state index in [1.165, 1.54) is 5.69 Å². The Bertz CT molecular complexity index is 561. The lowest BCUT2D eigenvalue weighted by Crippen LogP contribution is -2.39. The van der Waals surface area contributed by atoms with Gasteiger partial charge < -0.3 is 25.0 Å². The molecule has 2 fully saturated rings. The van der Waals surface area contributed by atoms with Crippen molar-refractivity contribution in [3.63, 3.8) is 0 Å². The van der Waals surface area contributed by atoms with Gasteiger partial charge in [-0.1, -0.05) is 6.07 Å². The molecule has 138 valence electrons. The second-order valence-electron chi connectivity index (χ2n) is 6.86. The fourth-order valence-corrected chi connectivity index (χ4v) is 3.56. The van der Waals surface area contributed by atoms with Gasteiger partial charge in [0.25, 0.3) is 0 Å². The molecule has 0 aliphatic carbocycles. The van der Waals surface area contributed by atoms with Gasteiger partial charge in [0.1, 0.15) is 5.75 Å². The standard InChI is InChI=1S/C19H29N3O3/c1-24-18-5-2-4-16(12-18)22-10-8-15(14-22)13-21-19(23)20-9-7-17-6-3-11-25-17/h2,4-5,12,15,17H,3,6-11,13-14H2,1H3,(H2,20,21,23)/t15-,17+/m1/s1. The summed E-state index contributed by atoms with van der Waals surface area (Å²) in [5.74, 6) is 1.36. The molecule has 2 N–H and O–H groups in total. The number of amides is 2. The van der Waals surface area contributed by atoms with E-state index in [1.807, 2.05) is 12.1 Å². The average molecular weight is 347 g/mol. The largest absolute Gasteiger partial charge is 0.497 e. The highest BCUT2D eigenvalue weighted by atomic mass is 16.5. The van der Waals surface area contributed by atoms with Crippen molar-refractivity contribution < 1.29 is 14.3 Å². The number of carbonyl (C=O) groups excluding carboxylic acids is 1. The molecule has 2 aliphatic rings. The first-order valence-corrected chi connectivity index (χ1v) is 9.27. The van der Waals surface area contributed by atoms with Crippen molar-refractivity contribution in [2.24, 2.45) is 5.92 Å². The summed E-state index contributed by atoms with van der Waals surface area (Å²) in [7, 11) is 1.69. The smallest absolute Gasteiger partial charge is 0.314 e. The first-order chi connectivity index (χ1) is 12.2. The molecule has 0 saturated carbocycles. The van der Waals surface area contributed by atoms with Crippen LogP contribution in [0.1, 0.15) is 25.7 Å². The van der Waals surface area contributed by atoms with Gasteiger partial charge in [-0.3, -0.25) is 0 Å². The molecule has 0 aromatic heterocycles. The minimum atomic E-state index is -0.0715. The highest BCUT2D eigenvalue weighted by Gasteiger charge is 2.23. The summed E-state index contributed by atoms with van der Waals surface area (Å²) in [6, 6.07) is 8.07. The second kappa shape index (κ2) is 8.94. The second-order valence-corrected chi connectivity index (χ2v) is 6.86. The number of nitrogens with one attached hydrogen (secondary N) is 2. The van der Waals surface area contributed by atoms with E-state index >= 15 is 0 Å². The number of benzene rings is 1. The van der Waals surface area contributed by atoms with Gasteiger partial charge in [-0.15, -0.1) is 0 Å². The van der Waals surface area contributed by atoms with E-state index in [0.717, 1.165) is 51.1 Å². The van der Waals surface area contributed by atoms with Crippen LogP contribution in [0.15, 0.2) is 24.3 Å². The van der Waals surface area contributed by atoms with Crippen molar-refractivity contribution in [3.8, 4) is 5.75 Å². The molecule has 1 aromatic rings. The van der Waals surface area contributed by atoms with Gasteiger partial charge in [0, 0.05) is 44.5 Å². The van der Waals surface area contributed by atoms with E-state index < -0.39 is 0 Å². The number of ether oxygens (including phenoxy) is 2. The van der Waals surface area contributed by atoms with Crippen molar-refractivity contribution in [2.75, 3.05) is 44.8 Å². The fraction of sp³-hybridized carbons (Fsp3) is 0.632. The van der Waals surface area contributed by atoms with Gasteiger partial charge in [-0.05, 0) is 43.7 Å². The first-order valence-electron chi connectivity index (χ1n) is 9.27. The van der Waals surface area contributed by atoms with Crippen molar-refractivity contribution in [1.82, 2.24) is 10.6 Å². The van der Waals surface area contributed by atoms with E-state index in [0.29, 0.717) is 25.1 Å². The molecule has 6 nitrogen and oxygen atoms in total. The molecular weight excluding hydrogens is 318 g/mol. The predicted octanol–water partition coefficient (Wildman–Crippen LogP) is 2.39. The highest BCUT2D eigenvalue weighted by molar-refractivity contribution is 5.73. The number of hydrogen-bond donors (Lipinski definition) is 2. The van der Waals surface area contributed by atoms with Crippen molar-refractivity contribution in [3.05, 3.63) is 24.3 Å². The summed E-state index contributed by atoms with van der Waals surface area (Å²) in [5, 5.41) is 5.93. The number of carbonyl (C=O) groups is 1. The Balaban J connectivity index is 1.34. The maximum atomic E-state index is 11.9. The number of nitrogens with zero attached hydrogens (tertiary/aromatic N) is 1. The molecule has 25 heavy (non-hydrogen) atoms. The zero-order valence-electron chi connectivity index (χ0n) is 15.0. The predicted molar refractivity (Wildman–Crippen MR) is 98.3 cm³/mol. The Kier molecular flexibility index (Phi) is 6.39. The van der Waals surface area contributed by atoms with Gasteiger partial charge in [-0.2, -0.15) is 0 Å². The third-order valence-electron chi connectivity index (χ3n) is 5.03. The number of rotatable bonds is 7. The van der Waals surface area contributed by atoms with Gasteiger partial charge >= 0.3 is 6.03 Å². The van der Waals surface area contributed by atoms with E-state index in [2.05, 4.69) is 27.7 Å². The zero-order chi connectivity index (χ0) is 17.5. The van der Waals surface area contributed by atoms with Crippen LogP contribution in [-0.4, -0.2) is 52.0 Å². The average Bonchev–Trinajstić information content (AvgIpc) is 3.32. The Morgan fingerprint density at radius 3 is 3.08 bits per heavy atom. The third-order valence-corrected chi connectivity index (χ3v) is 5.03. The molecule has 3 rings (SSSR count). The normalized spacial score (nSPS) is 22.8. The van der Waals surface area contributed by atoms with Crippen molar-refractivity contribution in [2.45, 2.75) is 31.8 Å². The van der Waals surface area contributed by atoms with Crippen LogP contribution in [0.3, 0.4) is 0 Å². The minimum absolute atomic E-state index is 0.0715. The van der Waals surface area contributed by atoms with Crippen LogP contribution in [0, 0.1) is 5.92 Å². The number of methoxy groups -OCH3 is 1. The van der Waals surface area contributed by atoms with Crippen LogP contribution in [-0.2, 0) is 4.74 Å². The fourth-order valence-electron chi connectivity index (χ4n) is 3.56. The molecule has 0 spiro atoms. The monoisotopic (exact) mass is 347 g/mol. The minimum Gasteiger partial charge on any atom is -0.497 e. The molecule has 6 heteroatoms. The molecular formula is C19H29N3O3. The van der Waals surface area contributed by atoms with E-state index in [-0.39, 0.29) is 6.03 Å². The maximum absolute atomic E-state index is 11.9. The van der Waals surface area contributed by atoms with Crippen LogP contribution in [0.25, 0.3) is 0 Å². The van der Waals surface area contributed by atoms with Crippen LogP contribution in [0.5, 0.6) is 5.75 Å². The molecule has 2 heterocycles. The molecule has 0 unspecified atom stereocenters. The lowest BCUT2D eigenvalue weighted by atomic mass is 10.1. The van der Waals surface area contributed by atoms with Crippen LogP contribution in [0.2, 0.25) is 0 Å². The Morgan fingerprint density at radius 1 is 1.36 bits per heavy atom. The molecule has 2 amide bonds. The maximum Gasteiger partial charge on any atom is 0.314 e. The van der Waals surface area contributed by atoms with Crippen LogP contribution in [0.4, 0.5) is 10.5 Å². The van der Waals surface area contributed by atoms with Gasteiger partial charge in [-0.25, -0.2) is 4.79 Å². The first kappa shape index (κ1) is 17.9. The summed E-state index contributed by atoms with van der Waals surface area (Å²) in [6.07, 6.45) is 4.58. The Morgan fingerprint density at radius 2 is 2.28 bits per heavy atom. The number of urea groups is 1. The topological polar surface area (TPSA) is 62.8 Å². The van der Waals surface area contributed by atoms with Gasteiger partial charge in [0.15, 0.2) is 0 Å². The highest BCUT2D eigenvalue weighted by Crippen LogP contribution is 2.26. The van der Waals surface area contributed by atoms with E-state index in [4.69, 9.17) is 9.47 Å². The number of anilines is 1.